The third kappa shape index (κ3) is 2.55. The highest BCUT2D eigenvalue weighted by molar-refractivity contribution is 7.80. The van der Waals surface area contributed by atoms with Crippen molar-refractivity contribution in [3.8, 4) is 0 Å². The largest absolute Gasteiger partial charge is 0.324 e. The van der Waals surface area contributed by atoms with Gasteiger partial charge in [0.1, 0.15) is 0 Å². The lowest BCUT2D eigenvalue weighted by molar-refractivity contribution is -0.117. The minimum absolute atomic E-state index is 0.0719. The summed E-state index contributed by atoms with van der Waals surface area (Å²) in [5.41, 5.74) is 1.83. The summed E-state index contributed by atoms with van der Waals surface area (Å²) in [7, 11) is 0. The molecule has 4 heteroatoms. The molecule has 0 aliphatic heterocycles. The lowest BCUT2D eigenvalue weighted by Gasteiger charge is -2.12. The van der Waals surface area contributed by atoms with Gasteiger partial charge in [-0.1, -0.05) is 0 Å². The zero-order chi connectivity index (χ0) is 11.6. The van der Waals surface area contributed by atoms with Crippen molar-refractivity contribution in [1.29, 1.82) is 0 Å². The van der Waals surface area contributed by atoms with E-state index in [4.69, 9.17) is 0 Å². The summed E-state index contributed by atoms with van der Waals surface area (Å²) in [6.45, 7) is 1.89. The molecule has 1 amide bonds. The van der Waals surface area contributed by atoms with Gasteiger partial charge in [0.05, 0.1) is 11.4 Å². The van der Waals surface area contributed by atoms with Crippen molar-refractivity contribution >= 4 is 24.2 Å². The summed E-state index contributed by atoms with van der Waals surface area (Å²) in [6.07, 6.45) is 4.54. The maximum absolute atomic E-state index is 11.8. The normalized spacial score (nSPS) is 16.9. The summed E-state index contributed by atoms with van der Waals surface area (Å²) in [5, 5.41) is 2.91. The second-order valence-electron chi connectivity index (χ2n) is 4.52. The molecule has 1 aliphatic carbocycles. The van der Waals surface area contributed by atoms with Crippen molar-refractivity contribution in [3.63, 3.8) is 0 Å². The van der Waals surface area contributed by atoms with Crippen LogP contribution in [-0.4, -0.2) is 16.6 Å². The van der Waals surface area contributed by atoms with Gasteiger partial charge in [-0.25, -0.2) is 0 Å². The fourth-order valence-electron chi connectivity index (χ4n) is 1.72. The number of thiol groups is 1. The van der Waals surface area contributed by atoms with Crippen LogP contribution in [0.1, 0.15) is 25.0 Å². The van der Waals surface area contributed by atoms with E-state index < -0.39 is 0 Å². The third-order valence-electron chi connectivity index (χ3n) is 3.11. The van der Waals surface area contributed by atoms with Crippen LogP contribution in [0, 0.1) is 12.3 Å². The van der Waals surface area contributed by atoms with E-state index in [1.165, 1.54) is 0 Å². The number of pyridine rings is 1. The molecule has 1 heterocycles. The first-order valence-corrected chi connectivity index (χ1v) is 6.11. The first kappa shape index (κ1) is 11.5. The number of hydrogen-bond acceptors (Lipinski definition) is 3. The molecule has 1 saturated carbocycles. The third-order valence-corrected chi connectivity index (χ3v) is 3.78. The molecule has 1 aromatic rings. The summed E-state index contributed by atoms with van der Waals surface area (Å²) in [5.74, 6) is 0.870. The van der Waals surface area contributed by atoms with Crippen LogP contribution in [0.3, 0.4) is 0 Å². The number of carbonyl (C=O) groups excluding carboxylic acids is 1. The predicted molar refractivity (Wildman–Crippen MR) is 67.7 cm³/mol. The second kappa shape index (κ2) is 4.45. The number of hydrogen-bond donors (Lipinski definition) is 2. The maximum Gasteiger partial charge on any atom is 0.225 e. The lowest BCUT2D eigenvalue weighted by atomic mass is 10.1. The number of rotatable bonds is 4. The number of aryl methyl sites for hydroxylation is 1. The van der Waals surface area contributed by atoms with Gasteiger partial charge in [-0.2, -0.15) is 12.6 Å². The Kier molecular flexibility index (Phi) is 3.19. The van der Waals surface area contributed by atoms with Crippen molar-refractivity contribution < 1.29 is 4.79 Å². The maximum atomic E-state index is 11.8. The van der Waals surface area contributed by atoms with Crippen LogP contribution in [0.15, 0.2) is 18.3 Å². The standard InChI is InChI=1S/C12H16N2OS/c1-9-10(3-2-6-13-9)14-11(15)7-12(8-16)4-5-12/h2-3,6,16H,4-5,7-8H2,1H3,(H,14,15). The molecule has 1 N–H and O–H groups in total. The van der Waals surface area contributed by atoms with Crippen LogP contribution < -0.4 is 5.32 Å². The summed E-state index contributed by atoms with van der Waals surface area (Å²) < 4.78 is 0. The Morgan fingerprint density at radius 2 is 2.38 bits per heavy atom. The Hall–Kier alpha value is -1.03. The van der Waals surface area contributed by atoms with Crippen LogP contribution in [0.25, 0.3) is 0 Å². The summed E-state index contributed by atoms with van der Waals surface area (Å²) in [6, 6.07) is 3.70. The van der Waals surface area contributed by atoms with Crippen LogP contribution in [0.2, 0.25) is 0 Å². The van der Waals surface area contributed by atoms with Crippen LogP contribution in [0.5, 0.6) is 0 Å². The van der Waals surface area contributed by atoms with Crippen molar-refractivity contribution in [2.45, 2.75) is 26.2 Å². The first-order valence-electron chi connectivity index (χ1n) is 5.48. The van der Waals surface area contributed by atoms with Crippen molar-refractivity contribution in [2.24, 2.45) is 5.41 Å². The quantitative estimate of drug-likeness (QED) is 0.788. The molecule has 1 aliphatic rings. The van der Waals surface area contributed by atoms with Gasteiger partial charge >= 0.3 is 0 Å². The van der Waals surface area contributed by atoms with E-state index in [-0.39, 0.29) is 11.3 Å². The Labute approximate surface area is 101 Å². The number of nitrogens with zero attached hydrogens (tertiary/aromatic N) is 1. The van der Waals surface area contributed by atoms with Crippen molar-refractivity contribution in [2.75, 3.05) is 11.1 Å². The number of anilines is 1. The highest BCUT2D eigenvalue weighted by Gasteiger charge is 2.42. The summed E-state index contributed by atoms with van der Waals surface area (Å²) >= 11 is 4.29. The average Bonchev–Trinajstić information content (AvgIpc) is 3.02. The van der Waals surface area contributed by atoms with E-state index in [2.05, 4.69) is 22.9 Å². The molecule has 3 nitrogen and oxygen atoms in total. The number of carbonyl (C=O) groups is 1. The Morgan fingerprint density at radius 1 is 1.62 bits per heavy atom. The molecule has 2 rings (SSSR count). The molecule has 1 aromatic heterocycles. The molecule has 86 valence electrons. The highest BCUT2D eigenvalue weighted by atomic mass is 32.1. The molecule has 0 atom stereocenters. The zero-order valence-electron chi connectivity index (χ0n) is 9.36. The number of nitrogens with one attached hydrogen (secondary N) is 1. The van der Waals surface area contributed by atoms with Gasteiger partial charge in [0.15, 0.2) is 0 Å². The van der Waals surface area contributed by atoms with Gasteiger partial charge < -0.3 is 5.32 Å². The van der Waals surface area contributed by atoms with Gasteiger partial charge in [0.25, 0.3) is 0 Å². The van der Waals surface area contributed by atoms with Gasteiger partial charge in [-0.15, -0.1) is 0 Å². The van der Waals surface area contributed by atoms with Gasteiger partial charge in [-0.05, 0) is 43.1 Å². The fourth-order valence-corrected chi connectivity index (χ4v) is 2.15. The van der Waals surface area contributed by atoms with E-state index in [1.807, 2.05) is 19.1 Å². The fraction of sp³-hybridized carbons (Fsp3) is 0.500. The van der Waals surface area contributed by atoms with Crippen molar-refractivity contribution in [1.82, 2.24) is 4.98 Å². The molecular weight excluding hydrogens is 220 g/mol. The summed E-state index contributed by atoms with van der Waals surface area (Å²) in [4.78, 5) is 15.9. The highest BCUT2D eigenvalue weighted by Crippen LogP contribution is 2.49. The number of aromatic nitrogens is 1. The van der Waals surface area contributed by atoms with E-state index in [0.29, 0.717) is 6.42 Å². The molecule has 0 bridgehead atoms. The molecule has 0 unspecified atom stereocenters. The van der Waals surface area contributed by atoms with E-state index in [0.717, 1.165) is 30.0 Å². The zero-order valence-corrected chi connectivity index (χ0v) is 10.3. The molecule has 1 fully saturated rings. The van der Waals surface area contributed by atoms with E-state index >= 15 is 0 Å². The minimum atomic E-state index is 0.0719. The van der Waals surface area contributed by atoms with Crippen LogP contribution >= 0.6 is 12.6 Å². The Balaban J connectivity index is 1.95. The lowest BCUT2D eigenvalue weighted by Crippen LogP contribution is -2.18. The Morgan fingerprint density at radius 3 is 2.94 bits per heavy atom. The molecule has 16 heavy (non-hydrogen) atoms. The average molecular weight is 236 g/mol. The number of amides is 1. The van der Waals surface area contributed by atoms with Crippen LogP contribution in [-0.2, 0) is 4.79 Å². The Bertz CT molecular complexity index is 402. The molecule has 0 spiro atoms. The second-order valence-corrected chi connectivity index (χ2v) is 4.84. The van der Waals surface area contributed by atoms with Gasteiger partial charge in [0, 0.05) is 12.6 Å². The molecule has 0 saturated heterocycles. The van der Waals surface area contributed by atoms with Crippen molar-refractivity contribution in [3.05, 3.63) is 24.0 Å². The smallest absolute Gasteiger partial charge is 0.225 e. The topological polar surface area (TPSA) is 42.0 Å². The monoisotopic (exact) mass is 236 g/mol. The molecule has 0 aromatic carbocycles. The van der Waals surface area contributed by atoms with Gasteiger partial charge in [-0.3, -0.25) is 9.78 Å². The first-order chi connectivity index (χ1) is 7.65. The molecule has 0 radical (unpaired) electrons. The SMILES string of the molecule is Cc1ncccc1NC(=O)CC1(CS)CC1. The molecular formula is C12H16N2OS. The predicted octanol–water partition coefficient (Wildman–Crippen LogP) is 2.43. The minimum Gasteiger partial charge on any atom is -0.324 e. The van der Waals surface area contributed by atoms with Gasteiger partial charge in [0.2, 0.25) is 5.91 Å². The van der Waals surface area contributed by atoms with E-state index in [9.17, 15) is 4.79 Å². The van der Waals surface area contributed by atoms with E-state index in [1.54, 1.807) is 6.20 Å². The van der Waals surface area contributed by atoms with Crippen LogP contribution in [0.4, 0.5) is 5.69 Å².